The smallest absolute Gasteiger partial charge is 0.238 e. The first-order valence-electron chi connectivity index (χ1n) is 6.90. The molecule has 2 N–H and O–H groups in total. The van der Waals surface area contributed by atoms with E-state index in [1.54, 1.807) is 12.1 Å². The molecule has 0 unspecified atom stereocenters. The van der Waals surface area contributed by atoms with E-state index in [1.807, 2.05) is 19.1 Å². The molecule has 0 aliphatic carbocycles. The fourth-order valence-electron chi connectivity index (χ4n) is 1.98. The van der Waals surface area contributed by atoms with Crippen molar-refractivity contribution in [1.29, 1.82) is 0 Å². The number of anilines is 1. The van der Waals surface area contributed by atoms with Crippen molar-refractivity contribution in [3.63, 3.8) is 0 Å². The summed E-state index contributed by atoms with van der Waals surface area (Å²) in [6.45, 7) is 4.33. The topological polar surface area (TPSA) is 41.1 Å². The summed E-state index contributed by atoms with van der Waals surface area (Å²) in [5, 5.41) is 6.53. The number of benzene rings is 2. The second kappa shape index (κ2) is 7.25. The van der Waals surface area contributed by atoms with Gasteiger partial charge in [0.25, 0.3) is 0 Å². The van der Waals surface area contributed by atoms with Crippen molar-refractivity contribution in [1.82, 2.24) is 5.32 Å². The molecule has 2 aromatic carbocycles. The van der Waals surface area contributed by atoms with Crippen LogP contribution in [0.1, 0.15) is 24.1 Å². The maximum absolute atomic E-state index is 11.9. The van der Waals surface area contributed by atoms with E-state index in [9.17, 15) is 4.79 Å². The molecular weight excluding hydrogens is 284 g/mol. The second-order valence-corrected chi connectivity index (χ2v) is 5.45. The number of amides is 1. The molecular formula is C17H19ClN2O. The Labute approximate surface area is 130 Å². The molecule has 2 rings (SSSR count). The van der Waals surface area contributed by atoms with Gasteiger partial charge in [-0.2, -0.15) is 0 Å². The Hall–Kier alpha value is -1.84. The predicted molar refractivity (Wildman–Crippen MR) is 87.7 cm³/mol. The van der Waals surface area contributed by atoms with Crippen LogP contribution >= 0.6 is 11.6 Å². The highest BCUT2D eigenvalue weighted by Gasteiger charge is 2.09. The predicted octanol–water partition coefficient (Wildman–Crippen LogP) is 3.94. The van der Waals surface area contributed by atoms with Crippen LogP contribution in [0.15, 0.2) is 48.5 Å². The number of carbonyl (C=O) groups is 1. The number of nitrogens with one attached hydrogen (secondary N) is 2. The zero-order chi connectivity index (χ0) is 15.2. The Kier molecular flexibility index (Phi) is 5.37. The van der Waals surface area contributed by atoms with Crippen molar-refractivity contribution < 1.29 is 4.79 Å². The number of halogens is 1. The number of hydrogen-bond donors (Lipinski definition) is 2. The van der Waals surface area contributed by atoms with Crippen LogP contribution in [0.25, 0.3) is 0 Å². The summed E-state index contributed by atoms with van der Waals surface area (Å²) in [5.74, 6) is -0.109. The monoisotopic (exact) mass is 302 g/mol. The molecule has 0 aromatic heterocycles. The largest absolute Gasteiger partial charge is 0.324 e. The quantitative estimate of drug-likeness (QED) is 0.878. The molecule has 0 bridgehead atoms. The van der Waals surface area contributed by atoms with Crippen LogP contribution in [0.5, 0.6) is 0 Å². The number of rotatable bonds is 5. The molecule has 1 amide bonds. The van der Waals surface area contributed by atoms with Crippen LogP contribution in [0, 0.1) is 6.92 Å². The normalized spacial score (nSPS) is 12.0. The van der Waals surface area contributed by atoms with Crippen LogP contribution in [0.3, 0.4) is 0 Å². The van der Waals surface area contributed by atoms with E-state index in [0.29, 0.717) is 10.7 Å². The number of hydrogen-bond acceptors (Lipinski definition) is 2. The lowest BCUT2D eigenvalue weighted by atomic mass is 10.1. The molecule has 0 aliphatic heterocycles. The Morgan fingerprint density at radius 1 is 1.14 bits per heavy atom. The Balaban J connectivity index is 1.86. The van der Waals surface area contributed by atoms with Gasteiger partial charge in [0, 0.05) is 6.04 Å². The van der Waals surface area contributed by atoms with Gasteiger partial charge in [-0.1, -0.05) is 53.6 Å². The van der Waals surface area contributed by atoms with Gasteiger partial charge in [0.1, 0.15) is 0 Å². The third-order valence-corrected chi connectivity index (χ3v) is 3.62. The van der Waals surface area contributed by atoms with Gasteiger partial charge in [-0.3, -0.25) is 4.79 Å². The summed E-state index contributed by atoms with van der Waals surface area (Å²) in [7, 11) is 0. The number of para-hydroxylation sites is 1. The molecule has 1 atom stereocenters. The van der Waals surface area contributed by atoms with Crippen LogP contribution < -0.4 is 10.6 Å². The third-order valence-electron chi connectivity index (χ3n) is 3.29. The second-order valence-electron chi connectivity index (χ2n) is 5.04. The lowest BCUT2D eigenvalue weighted by Gasteiger charge is -2.14. The fraction of sp³-hybridized carbons (Fsp3) is 0.235. The molecule has 0 saturated heterocycles. The summed E-state index contributed by atoms with van der Waals surface area (Å²) in [4.78, 5) is 11.9. The van der Waals surface area contributed by atoms with Gasteiger partial charge in [-0.05, 0) is 31.5 Å². The fourth-order valence-corrected chi connectivity index (χ4v) is 2.16. The average molecular weight is 303 g/mol. The molecule has 0 spiro atoms. The summed E-state index contributed by atoms with van der Waals surface area (Å²) >= 11 is 6.01. The van der Waals surface area contributed by atoms with Crippen molar-refractivity contribution in [2.45, 2.75) is 19.9 Å². The first-order chi connectivity index (χ1) is 10.1. The minimum atomic E-state index is -0.109. The molecule has 0 saturated carbocycles. The highest BCUT2D eigenvalue weighted by molar-refractivity contribution is 6.33. The van der Waals surface area contributed by atoms with Gasteiger partial charge in [-0.25, -0.2) is 0 Å². The highest BCUT2D eigenvalue weighted by atomic mass is 35.5. The first-order valence-corrected chi connectivity index (χ1v) is 7.28. The van der Waals surface area contributed by atoms with Crippen molar-refractivity contribution in [2.75, 3.05) is 11.9 Å². The highest BCUT2D eigenvalue weighted by Crippen LogP contribution is 2.20. The van der Waals surface area contributed by atoms with Crippen LogP contribution in [-0.4, -0.2) is 12.5 Å². The molecule has 0 fully saturated rings. The average Bonchev–Trinajstić information content (AvgIpc) is 2.48. The van der Waals surface area contributed by atoms with Gasteiger partial charge >= 0.3 is 0 Å². The summed E-state index contributed by atoms with van der Waals surface area (Å²) in [6, 6.07) is 15.6. The zero-order valence-corrected chi connectivity index (χ0v) is 12.9. The van der Waals surface area contributed by atoms with E-state index in [4.69, 9.17) is 11.6 Å². The molecule has 2 aromatic rings. The third kappa shape index (κ3) is 4.59. The molecule has 3 nitrogen and oxygen atoms in total. The van der Waals surface area contributed by atoms with E-state index in [-0.39, 0.29) is 18.5 Å². The molecule has 21 heavy (non-hydrogen) atoms. The molecule has 0 radical (unpaired) electrons. The number of carbonyl (C=O) groups excluding carboxylic acids is 1. The van der Waals surface area contributed by atoms with Gasteiger partial charge < -0.3 is 10.6 Å². The molecule has 110 valence electrons. The zero-order valence-electron chi connectivity index (χ0n) is 12.2. The van der Waals surface area contributed by atoms with Gasteiger partial charge in [0.2, 0.25) is 5.91 Å². The maximum Gasteiger partial charge on any atom is 0.238 e. The standard InChI is InChI=1S/C17H19ClN2O/c1-12-7-9-14(10-8-12)13(2)19-11-17(21)20-16-6-4-3-5-15(16)18/h3-10,13,19H,11H2,1-2H3,(H,20,21)/t13-/m0/s1. The lowest BCUT2D eigenvalue weighted by molar-refractivity contribution is -0.115. The Morgan fingerprint density at radius 2 is 1.81 bits per heavy atom. The van der Waals surface area contributed by atoms with E-state index in [2.05, 4.69) is 41.8 Å². The summed E-state index contributed by atoms with van der Waals surface area (Å²) in [5.41, 5.74) is 3.02. The van der Waals surface area contributed by atoms with E-state index in [1.165, 1.54) is 5.56 Å². The minimum absolute atomic E-state index is 0.109. The first kappa shape index (κ1) is 15.5. The van der Waals surface area contributed by atoms with Crippen molar-refractivity contribution in [3.05, 3.63) is 64.7 Å². The van der Waals surface area contributed by atoms with Crippen LogP contribution in [0.4, 0.5) is 5.69 Å². The SMILES string of the molecule is Cc1ccc([C@H](C)NCC(=O)Nc2ccccc2Cl)cc1. The van der Waals surface area contributed by atoms with E-state index < -0.39 is 0 Å². The Morgan fingerprint density at radius 3 is 2.48 bits per heavy atom. The van der Waals surface area contributed by atoms with Gasteiger partial charge in [0.15, 0.2) is 0 Å². The van der Waals surface area contributed by atoms with Crippen molar-refractivity contribution >= 4 is 23.2 Å². The Bertz CT molecular complexity index is 610. The van der Waals surface area contributed by atoms with E-state index >= 15 is 0 Å². The van der Waals surface area contributed by atoms with Crippen molar-refractivity contribution in [3.8, 4) is 0 Å². The summed E-state index contributed by atoms with van der Waals surface area (Å²) < 4.78 is 0. The molecule has 0 heterocycles. The summed E-state index contributed by atoms with van der Waals surface area (Å²) in [6.07, 6.45) is 0. The number of aryl methyl sites for hydroxylation is 1. The van der Waals surface area contributed by atoms with E-state index in [0.717, 1.165) is 5.56 Å². The molecule has 4 heteroatoms. The van der Waals surface area contributed by atoms with Gasteiger partial charge in [-0.15, -0.1) is 0 Å². The van der Waals surface area contributed by atoms with Crippen molar-refractivity contribution in [2.24, 2.45) is 0 Å². The lowest BCUT2D eigenvalue weighted by Crippen LogP contribution is -2.30. The van der Waals surface area contributed by atoms with Gasteiger partial charge in [0.05, 0.1) is 17.3 Å². The molecule has 0 aliphatic rings. The minimum Gasteiger partial charge on any atom is -0.324 e. The maximum atomic E-state index is 11.9. The van der Waals surface area contributed by atoms with Crippen LogP contribution in [0.2, 0.25) is 5.02 Å². The van der Waals surface area contributed by atoms with Crippen LogP contribution in [-0.2, 0) is 4.79 Å².